The van der Waals surface area contributed by atoms with Gasteiger partial charge in [-0.25, -0.2) is 8.42 Å². The molecule has 0 bridgehead atoms. The van der Waals surface area contributed by atoms with Crippen molar-refractivity contribution >= 4 is 27.4 Å². The Bertz CT molecular complexity index is 733. The number of nitrogens with zero attached hydrogens (tertiary/aromatic N) is 2. The van der Waals surface area contributed by atoms with E-state index in [0.29, 0.717) is 18.8 Å². The van der Waals surface area contributed by atoms with Crippen LogP contribution in [0.5, 0.6) is 0 Å². The number of nitrogens with two attached hydrogens (primary N) is 3. The predicted octanol–water partition coefficient (Wildman–Crippen LogP) is -0.569. The molecule has 0 spiro atoms. The number of sulfone groups is 1. The minimum Gasteiger partial charge on any atom is -0.371 e. The highest BCUT2D eigenvalue weighted by atomic mass is 32.2. The van der Waals surface area contributed by atoms with E-state index in [2.05, 4.69) is 4.99 Å². The summed E-state index contributed by atoms with van der Waals surface area (Å²) in [5.74, 6) is -1.04. The Balaban J connectivity index is 2.48. The summed E-state index contributed by atoms with van der Waals surface area (Å²) in [5, 5.41) is 0. The number of guanidine groups is 1. The van der Waals surface area contributed by atoms with Crippen LogP contribution in [-0.2, 0) is 9.84 Å². The molecule has 9 heteroatoms. The molecular formula is C14H21N5O3S. The maximum absolute atomic E-state index is 12.3. The number of anilines is 1. The number of hydrogen-bond acceptors (Lipinski definition) is 5. The monoisotopic (exact) mass is 339 g/mol. The Morgan fingerprint density at radius 3 is 2.39 bits per heavy atom. The fraction of sp³-hybridized carbons (Fsp3) is 0.429. The standard InChI is InChI=1S/C14H21N5O3S/c1-23(21,22)10-2-3-12(19-6-4-9(15)5-7-19)11(8-10)13(20)18-14(16)17/h2-3,8-9H,4-7,15H2,1H3,(H4,16,17,18,20). The Labute approximate surface area is 135 Å². The molecule has 0 aromatic heterocycles. The summed E-state index contributed by atoms with van der Waals surface area (Å²) in [7, 11) is -3.45. The van der Waals surface area contributed by atoms with Crippen LogP contribution < -0.4 is 22.1 Å². The second-order valence-corrected chi connectivity index (χ2v) is 7.63. The van der Waals surface area contributed by atoms with Crippen LogP contribution in [0.4, 0.5) is 5.69 Å². The van der Waals surface area contributed by atoms with Crippen molar-refractivity contribution in [1.29, 1.82) is 0 Å². The summed E-state index contributed by atoms with van der Waals surface area (Å²) in [6, 6.07) is 4.54. The average Bonchev–Trinajstić information content (AvgIpc) is 2.46. The zero-order valence-electron chi connectivity index (χ0n) is 12.9. The normalized spacial score (nSPS) is 16.2. The number of amides is 1. The van der Waals surface area contributed by atoms with E-state index >= 15 is 0 Å². The van der Waals surface area contributed by atoms with E-state index in [1.807, 2.05) is 4.90 Å². The van der Waals surface area contributed by atoms with Crippen LogP contribution in [0.15, 0.2) is 28.1 Å². The molecule has 1 aliphatic rings. The molecule has 1 aliphatic heterocycles. The summed E-state index contributed by atoms with van der Waals surface area (Å²) in [4.78, 5) is 17.8. The predicted molar refractivity (Wildman–Crippen MR) is 89.1 cm³/mol. The lowest BCUT2D eigenvalue weighted by molar-refractivity contribution is 0.100. The van der Waals surface area contributed by atoms with Gasteiger partial charge in [-0.2, -0.15) is 4.99 Å². The van der Waals surface area contributed by atoms with Crippen molar-refractivity contribution in [3.05, 3.63) is 23.8 Å². The van der Waals surface area contributed by atoms with Gasteiger partial charge in [0.15, 0.2) is 15.8 Å². The van der Waals surface area contributed by atoms with Crippen molar-refractivity contribution in [2.24, 2.45) is 22.2 Å². The molecule has 1 amide bonds. The van der Waals surface area contributed by atoms with Gasteiger partial charge < -0.3 is 22.1 Å². The first-order chi connectivity index (χ1) is 10.7. The van der Waals surface area contributed by atoms with Crippen LogP contribution >= 0.6 is 0 Å². The first-order valence-electron chi connectivity index (χ1n) is 7.17. The fourth-order valence-corrected chi connectivity index (χ4v) is 3.16. The highest BCUT2D eigenvalue weighted by Gasteiger charge is 2.23. The highest BCUT2D eigenvalue weighted by Crippen LogP contribution is 2.27. The Hall–Kier alpha value is -2.13. The van der Waals surface area contributed by atoms with E-state index in [4.69, 9.17) is 17.2 Å². The molecule has 6 N–H and O–H groups in total. The van der Waals surface area contributed by atoms with Gasteiger partial charge in [0.25, 0.3) is 5.91 Å². The van der Waals surface area contributed by atoms with Crippen molar-refractivity contribution in [2.45, 2.75) is 23.8 Å². The van der Waals surface area contributed by atoms with Crippen LogP contribution in [0.25, 0.3) is 0 Å². The second kappa shape index (κ2) is 6.55. The minimum atomic E-state index is -3.45. The molecule has 8 nitrogen and oxygen atoms in total. The van der Waals surface area contributed by atoms with E-state index in [1.165, 1.54) is 12.1 Å². The maximum Gasteiger partial charge on any atom is 0.282 e. The smallest absolute Gasteiger partial charge is 0.282 e. The minimum absolute atomic E-state index is 0.0455. The molecule has 1 aromatic carbocycles. The maximum atomic E-state index is 12.3. The van der Waals surface area contributed by atoms with Gasteiger partial charge in [0, 0.05) is 31.1 Å². The van der Waals surface area contributed by atoms with Gasteiger partial charge in [0.2, 0.25) is 0 Å². The molecule has 1 heterocycles. The van der Waals surface area contributed by atoms with E-state index in [9.17, 15) is 13.2 Å². The molecule has 0 atom stereocenters. The van der Waals surface area contributed by atoms with Crippen LogP contribution in [0.1, 0.15) is 23.2 Å². The third kappa shape index (κ3) is 4.20. The summed E-state index contributed by atoms with van der Waals surface area (Å²) >= 11 is 0. The van der Waals surface area contributed by atoms with Gasteiger partial charge >= 0.3 is 0 Å². The zero-order chi connectivity index (χ0) is 17.2. The lowest BCUT2D eigenvalue weighted by Gasteiger charge is -2.33. The van der Waals surface area contributed by atoms with Crippen LogP contribution in [0.3, 0.4) is 0 Å². The zero-order valence-corrected chi connectivity index (χ0v) is 13.7. The molecule has 0 saturated carbocycles. The number of carbonyl (C=O) groups is 1. The van der Waals surface area contributed by atoms with Crippen molar-refractivity contribution in [2.75, 3.05) is 24.2 Å². The topological polar surface area (TPSA) is 145 Å². The molecule has 1 fully saturated rings. The third-order valence-corrected chi connectivity index (χ3v) is 4.85. The van der Waals surface area contributed by atoms with Gasteiger partial charge in [0.05, 0.1) is 10.5 Å². The number of carbonyl (C=O) groups excluding carboxylic acids is 1. The lowest BCUT2D eigenvalue weighted by atomic mass is 10.0. The van der Waals surface area contributed by atoms with E-state index in [0.717, 1.165) is 19.1 Å². The first-order valence-corrected chi connectivity index (χ1v) is 9.06. The molecule has 2 rings (SSSR count). The Morgan fingerprint density at radius 1 is 1.26 bits per heavy atom. The summed E-state index contributed by atoms with van der Waals surface area (Å²) in [6.07, 6.45) is 2.67. The Morgan fingerprint density at radius 2 is 1.87 bits per heavy atom. The summed E-state index contributed by atoms with van der Waals surface area (Å²) < 4.78 is 23.5. The van der Waals surface area contributed by atoms with E-state index in [1.54, 1.807) is 6.07 Å². The van der Waals surface area contributed by atoms with Crippen molar-refractivity contribution in [1.82, 2.24) is 0 Å². The molecule has 0 aliphatic carbocycles. The van der Waals surface area contributed by atoms with Crippen molar-refractivity contribution in [3.8, 4) is 0 Å². The molecule has 0 radical (unpaired) electrons. The SMILES string of the molecule is CS(=O)(=O)c1ccc(N2CCC(N)CC2)c(C(=O)N=C(N)N)c1. The largest absolute Gasteiger partial charge is 0.371 e. The molecule has 1 aromatic rings. The van der Waals surface area contributed by atoms with Crippen molar-refractivity contribution < 1.29 is 13.2 Å². The number of hydrogen-bond donors (Lipinski definition) is 3. The van der Waals surface area contributed by atoms with E-state index < -0.39 is 15.7 Å². The van der Waals surface area contributed by atoms with Gasteiger partial charge in [-0.05, 0) is 31.0 Å². The molecule has 126 valence electrons. The first kappa shape index (κ1) is 17.2. The summed E-state index contributed by atoms with van der Waals surface area (Å²) in [5.41, 5.74) is 17.2. The van der Waals surface area contributed by atoms with Gasteiger partial charge in [-0.1, -0.05) is 0 Å². The lowest BCUT2D eigenvalue weighted by Crippen LogP contribution is -2.40. The van der Waals surface area contributed by atoms with Crippen LogP contribution in [-0.4, -0.2) is 45.7 Å². The fourth-order valence-electron chi connectivity index (χ4n) is 2.51. The number of aliphatic imine (C=N–C) groups is 1. The molecule has 0 unspecified atom stereocenters. The second-order valence-electron chi connectivity index (χ2n) is 5.62. The van der Waals surface area contributed by atoms with Crippen LogP contribution in [0, 0.1) is 0 Å². The Kier molecular flexibility index (Phi) is 4.90. The van der Waals surface area contributed by atoms with Gasteiger partial charge in [-0.3, -0.25) is 4.79 Å². The van der Waals surface area contributed by atoms with Gasteiger partial charge in [-0.15, -0.1) is 0 Å². The quantitative estimate of drug-likeness (QED) is 0.494. The molecule has 1 saturated heterocycles. The van der Waals surface area contributed by atoms with Gasteiger partial charge in [0.1, 0.15) is 0 Å². The van der Waals surface area contributed by atoms with E-state index in [-0.39, 0.29) is 22.5 Å². The average molecular weight is 339 g/mol. The third-order valence-electron chi connectivity index (χ3n) is 3.74. The highest BCUT2D eigenvalue weighted by molar-refractivity contribution is 7.90. The number of piperidine rings is 1. The molecular weight excluding hydrogens is 318 g/mol. The van der Waals surface area contributed by atoms with Crippen molar-refractivity contribution in [3.63, 3.8) is 0 Å². The molecule has 23 heavy (non-hydrogen) atoms. The summed E-state index contributed by atoms with van der Waals surface area (Å²) in [6.45, 7) is 1.36. The van der Waals surface area contributed by atoms with Crippen LogP contribution in [0.2, 0.25) is 0 Å². The number of rotatable bonds is 3. The number of benzene rings is 1.